The molecule has 2 aliphatic rings. The SMILES string of the molecule is CC(C)N1CCN(C2(CN)CCOCC2)CC1. The molecule has 2 heterocycles. The van der Waals surface area contributed by atoms with Gasteiger partial charge in [0.1, 0.15) is 0 Å². The van der Waals surface area contributed by atoms with E-state index in [-0.39, 0.29) is 5.54 Å². The zero-order chi connectivity index (χ0) is 12.3. The minimum atomic E-state index is 0.224. The Labute approximate surface area is 105 Å². The molecule has 0 spiro atoms. The van der Waals surface area contributed by atoms with Crippen molar-refractivity contribution in [1.82, 2.24) is 9.80 Å². The molecule has 0 saturated carbocycles. The Kier molecular flexibility index (Phi) is 4.42. The van der Waals surface area contributed by atoms with Crippen LogP contribution in [0.3, 0.4) is 0 Å². The maximum absolute atomic E-state index is 6.05. The fourth-order valence-corrected chi connectivity index (χ4v) is 3.11. The molecule has 2 fully saturated rings. The maximum atomic E-state index is 6.05. The predicted molar refractivity (Wildman–Crippen MR) is 70.1 cm³/mol. The van der Waals surface area contributed by atoms with E-state index in [0.717, 1.165) is 45.7 Å². The van der Waals surface area contributed by atoms with Gasteiger partial charge in [-0.15, -0.1) is 0 Å². The molecule has 100 valence electrons. The summed E-state index contributed by atoms with van der Waals surface area (Å²) in [5.74, 6) is 0. The standard InChI is InChI=1S/C13H27N3O/c1-12(2)15-5-7-16(8-6-15)13(11-14)3-9-17-10-4-13/h12H,3-11,14H2,1-2H3. The summed E-state index contributed by atoms with van der Waals surface area (Å²) in [4.78, 5) is 5.18. The smallest absolute Gasteiger partial charge is 0.0484 e. The second-order valence-electron chi connectivity index (χ2n) is 5.66. The molecule has 4 heteroatoms. The van der Waals surface area contributed by atoms with E-state index in [1.807, 2.05) is 0 Å². The molecule has 2 N–H and O–H groups in total. The van der Waals surface area contributed by atoms with Crippen LogP contribution in [0.1, 0.15) is 26.7 Å². The summed E-state index contributed by atoms with van der Waals surface area (Å²) in [5.41, 5.74) is 6.28. The Hall–Kier alpha value is -0.160. The third kappa shape index (κ3) is 2.81. The molecule has 17 heavy (non-hydrogen) atoms. The summed E-state index contributed by atoms with van der Waals surface area (Å²) in [6.07, 6.45) is 2.20. The van der Waals surface area contributed by atoms with Crippen molar-refractivity contribution in [2.45, 2.75) is 38.3 Å². The van der Waals surface area contributed by atoms with Crippen molar-refractivity contribution in [3.05, 3.63) is 0 Å². The second-order valence-corrected chi connectivity index (χ2v) is 5.66. The van der Waals surface area contributed by atoms with Crippen LogP contribution in [-0.2, 0) is 4.74 Å². The number of nitrogens with zero attached hydrogens (tertiary/aromatic N) is 2. The first-order valence-corrected chi connectivity index (χ1v) is 6.95. The Morgan fingerprint density at radius 2 is 1.71 bits per heavy atom. The minimum absolute atomic E-state index is 0.224. The van der Waals surface area contributed by atoms with E-state index in [4.69, 9.17) is 10.5 Å². The fraction of sp³-hybridized carbons (Fsp3) is 1.00. The highest BCUT2D eigenvalue weighted by Crippen LogP contribution is 2.28. The van der Waals surface area contributed by atoms with Crippen LogP contribution < -0.4 is 5.73 Å². The monoisotopic (exact) mass is 241 g/mol. The molecule has 0 amide bonds. The van der Waals surface area contributed by atoms with Gasteiger partial charge >= 0.3 is 0 Å². The van der Waals surface area contributed by atoms with Gasteiger partial charge in [0.25, 0.3) is 0 Å². The van der Waals surface area contributed by atoms with Gasteiger partial charge < -0.3 is 10.5 Å². The van der Waals surface area contributed by atoms with Crippen molar-refractivity contribution in [3.63, 3.8) is 0 Å². The lowest BCUT2D eigenvalue weighted by Crippen LogP contribution is -2.62. The molecule has 2 rings (SSSR count). The summed E-state index contributed by atoms with van der Waals surface area (Å²) in [5, 5.41) is 0. The molecular weight excluding hydrogens is 214 g/mol. The van der Waals surface area contributed by atoms with Gasteiger partial charge in [0.2, 0.25) is 0 Å². The zero-order valence-corrected chi connectivity index (χ0v) is 11.3. The van der Waals surface area contributed by atoms with E-state index in [0.29, 0.717) is 6.04 Å². The van der Waals surface area contributed by atoms with Crippen LogP contribution in [0.2, 0.25) is 0 Å². The van der Waals surface area contributed by atoms with Crippen molar-refractivity contribution >= 4 is 0 Å². The van der Waals surface area contributed by atoms with Gasteiger partial charge in [0.15, 0.2) is 0 Å². The highest BCUT2D eigenvalue weighted by molar-refractivity contribution is 4.95. The lowest BCUT2D eigenvalue weighted by Gasteiger charge is -2.49. The topological polar surface area (TPSA) is 41.7 Å². The molecule has 0 aromatic rings. The van der Waals surface area contributed by atoms with Crippen molar-refractivity contribution in [2.75, 3.05) is 45.9 Å². The van der Waals surface area contributed by atoms with Crippen molar-refractivity contribution in [1.29, 1.82) is 0 Å². The normalized spacial score (nSPS) is 27.5. The largest absolute Gasteiger partial charge is 0.381 e. The van der Waals surface area contributed by atoms with E-state index in [9.17, 15) is 0 Å². The summed E-state index contributed by atoms with van der Waals surface area (Å²) < 4.78 is 5.48. The minimum Gasteiger partial charge on any atom is -0.381 e. The van der Waals surface area contributed by atoms with Gasteiger partial charge in [-0.2, -0.15) is 0 Å². The summed E-state index contributed by atoms with van der Waals surface area (Å²) >= 11 is 0. The van der Waals surface area contributed by atoms with Crippen LogP contribution >= 0.6 is 0 Å². The van der Waals surface area contributed by atoms with Crippen LogP contribution in [0.4, 0.5) is 0 Å². The molecule has 0 bridgehead atoms. The van der Waals surface area contributed by atoms with Crippen LogP contribution in [-0.4, -0.2) is 67.3 Å². The molecule has 2 saturated heterocycles. The lowest BCUT2D eigenvalue weighted by atomic mass is 9.87. The average molecular weight is 241 g/mol. The van der Waals surface area contributed by atoms with Gasteiger partial charge in [-0.3, -0.25) is 9.80 Å². The van der Waals surface area contributed by atoms with E-state index in [1.165, 1.54) is 13.1 Å². The molecule has 0 aromatic carbocycles. The third-order valence-corrected chi connectivity index (χ3v) is 4.52. The molecule has 0 radical (unpaired) electrons. The maximum Gasteiger partial charge on any atom is 0.0484 e. The highest BCUT2D eigenvalue weighted by atomic mass is 16.5. The van der Waals surface area contributed by atoms with Gasteiger partial charge in [-0.1, -0.05) is 0 Å². The van der Waals surface area contributed by atoms with E-state index < -0.39 is 0 Å². The quantitative estimate of drug-likeness (QED) is 0.782. The Bertz CT molecular complexity index is 231. The number of hydrogen-bond donors (Lipinski definition) is 1. The molecule has 2 aliphatic heterocycles. The fourth-order valence-electron chi connectivity index (χ4n) is 3.11. The first-order chi connectivity index (χ1) is 8.18. The Morgan fingerprint density at radius 1 is 1.12 bits per heavy atom. The zero-order valence-electron chi connectivity index (χ0n) is 11.3. The Morgan fingerprint density at radius 3 is 2.18 bits per heavy atom. The molecule has 0 unspecified atom stereocenters. The first kappa shape index (κ1) is 13.3. The molecule has 4 nitrogen and oxygen atoms in total. The first-order valence-electron chi connectivity index (χ1n) is 6.95. The van der Waals surface area contributed by atoms with Gasteiger partial charge in [0.05, 0.1) is 0 Å². The molecule has 0 aliphatic carbocycles. The number of piperazine rings is 1. The summed E-state index contributed by atoms with van der Waals surface area (Å²) in [6.45, 7) is 11.8. The van der Waals surface area contributed by atoms with Crippen LogP contribution in [0.15, 0.2) is 0 Å². The van der Waals surface area contributed by atoms with Crippen molar-refractivity contribution in [2.24, 2.45) is 5.73 Å². The summed E-state index contributed by atoms with van der Waals surface area (Å²) in [6, 6.07) is 0.667. The number of rotatable bonds is 3. The van der Waals surface area contributed by atoms with E-state index in [1.54, 1.807) is 0 Å². The van der Waals surface area contributed by atoms with Crippen molar-refractivity contribution < 1.29 is 4.74 Å². The van der Waals surface area contributed by atoms with Gasteiger partial charge in [0, 0.05) is 57.5 Å². The van der Waals surface area contributed by atoms with Gasteiger partial charge in [-0.05, 0) is 26.7 Å². The number of ether oxygens (including phenoxy) is 1. The van der Waals surface area contributed by atoms with Crippen molar-refractivity contribution in [3.8, 4) is 0 Å². The number of nitrogens with two attached hydrogens (primary N) is 1. The van der Waals surface area contributed by atoms with Gasteiger partial charge in [-0.25, -0.2) is 0 Å². The lowest BCUT2D eigenvalue weighted by molar-refractivity contribution is -0.0457. The molecular formula is C13H27N3O. The molecule has 0 atom stereocenters. The van der Waals surface area contributed by atoms with E-state index in [2.05, 4.69) is 23.6 Å². The van der Waals surface area contributed by atoms with Crippen LogP contribution in [0.25, 0.3) is 0 Å². The highest BCUT2D eigenvalue weighted by Gasteiger charge is 2.38. The van der Waals surface area contributed by atoms with E-state index >= 15 is 0 Å². The van der Waals surface area contributed by atoms with Crippen LogP contribution in [0, 0.1) is 0 Å². The second kappa shape index (κ2) is 5.65. The average Bonchev–Trinajstić information content (AvgIpc) is 2.39. The molecule has 0 aromatic heterocycles. The predicted octanol–water partition coefficient (Wildman–Crippen LogP) is 0.520. The third-order valence-electron chi connectivity index (χ3n) is 4.52. The van der Waals surface area contributed by atoms with Crippen LogP contribution in [0.5, 0.6) is 0 Å². The number of hydrogen-bond acceptors (Lipinski definition) is 4. The Balaban J connectivity index is 1.93. The summed E-state index contributed by atoms with van der Waals surface area (Å²) in [7, 11) is 0.